The summed E-state index contributed by atoms with van der Waals surface area (Å²) in [5.41, 5.74) is 3.75. The van der Waals surface area contributed by atoms with Crippen molar-refractivity contribution in [1.82, 2.24) is 15.3 Å². The molecule has 0 saturated carbocycles. The lowest BCUT2D eigenvalue weighted by Crippen LogP contribution is -2.34. The molecule has 0 aliphatic rings. The van der Waals surface area contributed by atoms with Crippen LogP contribution in [0.15, 0.2) is 72.8 Å². The molecule has 0 saturated heterocycles. The van der Waals surface area contributed by atoms with Crippen LogP contribution in [0.5, 0.6) is 0 Å². The van der Waals surface area contributed by atoms with Crippen molar-refractivity contribution < 1.29 is 4.79 Å². The van der Waals surface area contributed by atoms with Gasteiger partial charge in [0, 0.05) is 16.8 Å². The van der Waals surface area contributed by atoms with E-state index in [9.17, 15) is 4.79 Å². The Morgan fingerprint density at radius 1 is 1.00 bits per heavy atom. The summed E-state index contributed by atoms with van der Waals surface area (Å²) in [6, 6.07) is 22.0. The number of amides is 1. The van der Waals surface area contributed by atoms with Crippen molar-refractivity contribution >= 4 is 51.6 Å². The van der Waals surface area contributed by atoms with E-state index < -0.39 is 0 Å². The average Bonchev–Trinajstić information content (AvgIpc) is 3.14. The van der Waals surface area contributed by atoms with E-state index in [-0.39, 0.29) is 11.0 Å². The number of hydrogen-bond donors (Lipinski definition) is 3. The highest BCUT2D eigenvalue weighted by atomic mass is 35.5. The summed E-state index contributed by atoms with van der Waals surface area (Å²) in [5.74, 6) is 0.388. The van der Waals surface area contributed by atoms with Crippen LogP contribution in [0.1, 0.15) is 10.4 Å². The second kappa shape index (κ2) is 7.80. The molecule has 5 nitrogen and oxygen atoms in total. The van der Waals surface area contributed by atoms with Gasteiger partial charge in [-0.1, -0.05) is 41.9 Å². The second-order valence-electron chi connectivity index (χ2n) is 6.07. The van der Waals surface area contributed by atoms with Crippen LogP contribution in [0, 0.1) is 0 Å². The zero-order valence-electron chi connectivity index (χ0n) is 14.6. The molecule has 0 atom stereocenters. The first-order chi connectivity index (χ1) is 13.6. The van der Waals surface area contributed by atoms with Crippen molar-refractivity contribution in [3.05, 3.63) is 83.4 Å². The molecule has 4 rings (SSSR count). The number of H-pyrrole nitrogens is 1. The largest absolute Gasteiger partial charge is 0.338 e. The summed E-state index contributed by atoms with van der Waals surface area (Å²) in [6.07, 6.45) is 0. The number of carbonyl (C=O) groups is 1. The molecule has 4 aromatic rings. The maximum atomic E-state index is 12.2. The van der Waals surface area contributed by atoms with Crippen LogP contribution in [0.4, 0.5) is 5.69 Å². The number of hydrogen-bond acceptors (Lipinski definition) is 3. The van der Waals surface area contributed by atoms with Gasteiger partial charge in [-0.2, -0.15) is 0 Å². The van der Waals surface area contributed by atoms with Crippen molar-refractivity contribution in [2.45, 2.75) is 0 Å². The van der Waals surface area contributed by atoms with Gasteiger partial charge in [-0.25, -0.2) is 4.98 Å². The molecule has 28 heavy (non-hydrogen) atoms. The Bertz CT molecular complexity index is 1140. The zero-order chi connectivity index (χ0) is 19.5. The first-order valence-electron chi connectivity index (χ1n) is 8.52. The van der Waals surface area contributed by atoms with Gasteiger partial charge in [0.15, 0.2) is 5.11 Å². The zero-order valence-corrected chi connectivity index (χ0v) is 16.1. The molecule has 0 bridgehead atoms. The third kappa shape index (κ3) is 3.88. The van der Waals surface area contributed by atoms with Gasteiger partial charge in [-0.05, 0) is 54.7 Å². The molecule has 1 heterocycles. The Morgan fingerprint density at radius 2 is 1.75 bits per heavy atom. The number of halogens is 1. The molecular weight excluding hydrogens is 392 g/mol. The van der Waals surface area contributed by atoms with Crippen LogP contribution in [0.2, 0.25) is 5.02 Å². The number of fused-ring (bicyclic) bond motifs is 1. The summed E-state index contributed by atoms with van der Waals surface area (Å²) >= 11 is 11.6. The fraction of sp³-hybridized carbons (Fsp3) is 0. The third-order valence-electron chi connectivity index (χ3n) is 4.13. The van der Waals surface area contributed by atoms with Crippen LogP contribution >= 0.6 is 23.8 Å². The Balaban J connectivity index is 1.53. The topological polar surface area (TPSA) is 69.8 Å². The Morgan fingerprint density at radius 3 is 2.54 bits per heavy atom. The summed E-state index contributed by atoms with van der Waals surface area (Å²) in [5, 5.41) is 6.44. The lowest BCUT2D eigenvalue weighted by atomic mass is 10.2. The number of imidazole rings is 1. The van der Waals surface area contributed by atoms with E-state index in [0.717, 1.165) is 16.6 Å². The first-order valence-corrected chi connectivity index (χ1v) is 9.31. The second-order valence-corrected chi connectivity index (χ2v) is 6.89. The number of thiocarbonyl (C=S) groups is 1. The number of anilines is 1. The number of aromatic amines is 1. The van der Waals surface area contributed by atoms with Crippen LogP contribution in [0.3, 0.4) is 0 Å². The molecule has 0 spiro atoms. The van der Waals surface area contributed by atoms with E-state index in [1.807, 2.05) is 36.4 Å². The number of para-hydroxylation sites is 2. The van der Waals surface area contributed by atoms with Gasteiger partial charge < -0.3 is 10.3 Å². The minimum Gasteiger partial charge on any atom is -0.338 e. The molecule has 1 amide bonds. The van der Waals surface area contributed by atoms with Crippen molar-refractivity contribution in [2.24, 2.45) is 0 Å². The molecule has 0 radical (unpaired) electrons. The molecule has 0 fully saturated rings. The van der Waals surface area contributed by atoms with Crippen molar-refractivity contribution in [2.75, 3.05) is 5.32 Å². The number of benzene rings is 3. The van der Waals surface area contributed by atoms with Gasteiger partial charge >= 0.3 is 0 Å². The fourth-order valence-corrected chi connectivity index (χ4v) is 3.21. The molecule has 1 aromatic heterocycles. The van der Waals surface area contributed by atoms with E-state index in [0.29, 0.717) is 22.1 Å². The quantitative estimate of drug-likeness (QED) is 0.418. The van der Waals surface area contributed by atoms with Crippen LogP contribution < -0.4 is 10.6 Å². The lowest BCUT2D eigenvalue weighted by Gasteiger charge is -2.11. The summed E-state index contributed by atoms with van der Waals surface area (Å²) < 4.78 is 0. The third-order valence-corrected chi connectivity index (χ3v) is 4.67. The smallest absolute Gasteiger partial charge is 0.257 e. The Hall–Kier alpha value is -3.22. The summed E-state index contributed by atoms with van der Waals surface area (Å²) in [6.45, 7) is 0. The van der Waals surface area contributed by atoms with E-state index in [4.69, 9.17) is 23.8 Å². The number of nitrogens with one attached hydrogen (secondary N) is 3. The van der Waals surface area contributed by atoms with E-state index >= 15 is 0 Å². The molecular formula is C21H15ClN4OS. The molecule has 3 N–H and O–H groups in total. The normalized spacial score (nSPS) is 10.6. The van der Waals surface area contributed by atoms with E-state index in [1.165, 1.54) is 0 Å². The van der Waals surface area contributed by atoms with E-state index in [2.05, 4.69) is 20.6 Å². The Labute approximate surface area is 171 Å². The highest BCUT2D eigenvalue weighted by molar-refractivity contribution is 7.80. The molecule has 0 aliphatic carbocycles. The Kier molecular flexibility index (Phi) is 5.06. The van der Waals surface area contributed by atoms with Gasteiger partial charge in [0.05, 0.1) is 16.1 Å². The number of carbonyl (C=O) groups excluding carboxylic acids is 1. The van der Waals surface area contributed by atoms with Crippen LogP contribution in [-0.2, 0) is 0 Å². The molecule has 138 valence electrons. The van der Waals surface area contributed by atoms with Gasteiger partial charge in [-0.3, -0.25) is 10.1 Å². The SMILES string of the molecule is O=C(NC(=S)Nc1ccc(Cl)c(-c2nc3ccccc3[nH]2)c1)c1ccccc1. The van der Waals surface area contributed by atoms with Crippen molar-refractivity contribution in [3.63, 3.8) is 0 Å². The van der Waals surface area contributed by atoms with Gasteiger partial charge in [0.25, 0.3) is 5.91 Å². The summed E-state index contributed by atoms with van der Waals surface area (Å²) in [7, 11) is 0. The highest BCUT2D eigenvalue weighted by Crippen LogP contribution is 2.30. The van der Waals surface area contributed by atoms with Crippen LogP contribution in [0.25, 0.3) is 22.4 Å². The van der Waals surface area contributed by atoms with Crippen LogP contribution in [-0.4, -0.2) is 21.0 Å². The average molecular weight is 407 g/mol. The maximum absolute atomic E-state index is 12.2. The molecule has 3 aromatic carbocycles. The van der Waals surface area contributed by atoms with E-state index in [1.54, 1.807) is 36.4 Å². The predicted octanol–water partition coefficient (Wildman–Crippen LogP) is 5.01. The standard InChI is InChI=1S/C21H15ClN4OS/c22-16-11-10-14(23-21(28)26-20(27)13-6-2-1-3-7-13)12-15(16)19-24-17-8-4-5-9-18(17)25-19/h1-12H,(H,24,25)(H2,23,26,27,28). The number of rotatable bonds is 3. The molecule has 0 aliphatic heterocycles. The number of aromatic nitrogens is 2. The van der Waals surface area contributed by atoms with Gasteiger partial charge in [0.1, 0.15) is 5.82 Å². The molecule has 0 unspecified atom stereocenters. The lowest BCUT2D eigenvalue weighted by molar-refractivity contribution is 0.0977. The van der Waals surface area contributed by atoms with Crippen molar-refractivity contribution in [1.29, 1.82) is 0 Å². The summed E-state index contributed by atoms with van der Waals surface area (Å²) in [4.78, 5) is 20.1. The highest BCUT2D eigenvalue weighted by Gasteiger charge is 2.12. The maximum Gasteiger partial charge on any atom is 0.257 e. The van der Waals surface area contributed by atoms with Gasteiger partial charge in [-0.15, -0.1) is 0 Å². The van der Waals surface area contributed by atoms with Gasteiger partial charge in [0.2, 0.25) is 0 Å². The minimum atomic E-state index is -0.274. The monoisotopic (exact) mass is 406 g/mol. The van der Waals surface area contributed by atoms with Crippen molar-refractivity contribution in [3.8, 4) is 11.4 Å². The number of nitrogens with zero attached hydrogens (tertiary/aromatic N) is 1. The molecule has 7 heteroatoms. The first kappa shape index (κ1) is 18.2. The predicted molar refractivity (Wildman–Crippen MR) is 117 cm³/mol. The minimum absolute atomic E-state index is 0.201. The fourth-order valence-electron chi connectivity index (χ4n) is 2.79.